The van der Waals surface area contributed by atoms with Crippen LogP contribution in [0.4, 0.5) is 13.2 Å². The van der Waals surface area contributed by atoms with Crippen LogP contribution in [0.15, 0.2) is 24.3 Å². The zero-order chi connectivity index (χ0) is 26.5. The lowest BCUT2D eigenvalue weighted by molar-refractivity contribution is -0.482. The number of likely N-dealkylation sites (N-methyl/N-ethyl adjacent to an activating group) is 2. The van der Waals surface area contributed by atoms with E-state index in [0.717, 1.165) is 12.1 Å². The molecule has 7 N–H and O–H groups in total. The third-order valence-corrected chi connectivity index (χ3v) is 7.35. The molecule has 13 heteroatoms. The quantitative estimate of drug-likeness (QED) is 0.250. The fourth-order valence-corrected chi connectivity index (χ4v) is 5.50. The highest BCUT2D eigenvalue weighted by atomic mass is 19.4. The summed E-state index contributed by atoms with van der Waals surface area (Å²) in [4.78, 5) is 0. The molecule has 36 heavy (non-hydrogen) atoms. The van der Waals surface area contributed by atoms with Gasteiger partial charge in [0.15, 0.2) is 0 Å². The Kier molecular flexibility index (Phi) is 7.72. The Hall–Kier alpha value is -1.39. The lowest BCUT2D eigenvalue weighted by atomic mass is 9.77. The van der Waals surface area contributed by atoms with E-state index < -0.39 is 72.0 Å². The van der Waals surface area contributed by atoms with Gasteiger partial charge in [-0.3, -0.25) is 0 Å². The Balaban J connectivity index is 1.54. The summed E-state index contributed by atoms with van der Waals surface area (Å²) in [6.07, 6.45) is -11.0. The van der Waals surface area contributed by atoms with E-state index in [2.05, 4.69) is 16.0 Å². The minimum absolute atomic E-state index is 0.0183. The second-order valence-corrected chi connectivity index (χ2v) is 9.81. The monoisotopic (exact) mass is 521 g/mol. The molecule has 3 aliphatic rings. The number of aliphatic hydroxyl groups is 4. The zero-order valence-corrected chi connectivity index (χ0v) is 20.2. The molecule has 1 aliphatic carbocycles. The second kappa shape index (κ2) is 10.1. The molecule has 3 fully saturated rings. The number of rotatable bonds is 6. The molecular weight excluding hydrogens is 487 g/mol. The normalized spacial score (nSPS) is 43.1. The molecule has 2 saturated heterocycles. The minimum Gasteiger partial charge on any atom is -0.390 e. The van der Waals surface area contributed by atoms with Crippen LogP contribution >= 0.6 is 0 Å². The molecule has 1 aromatic rings. The molecule has 4 rings (SSSR count). The SMILES string of the molecule is CN[C@@H]1[C@H](O)[C@H](NC)C2O[C@]3(O)C(OC2[C@H]1O)O[C@H](C)C[C@@]3(O)CNCc1cccc(C(F)(F)F)c1. The number of benzene rings is 1. The summed E-state index contributed by atoms with van der Waals surface area (Å²) in [5, 5.41) is 53.5. The van der Waals surface area contributed by atoms with Gasteiger partial charge in [0.25, 0.3) is 0 Å². The molecule has 0 aromatic heterocycles. The van der Waals surface area contributed by atoms with Gasteiger partial charge in [-0.05, 0) is 32.6 Å². The Morgan fingerprint density at radius 1 is 1.03 bits per heavy atom. The van der Waals surface area contributed by atoms with Gasteiger partial charge in [-0.1, -0.05) is 18.2 Å². The maximum Gasteiger partial charge on any atom is 0.416 e. The van der Waals surface area contributed by atoms with Gasteiger partial charge >= 0.3 is 6.18 Å². The summed E-state index contributed by atoms with van der Waals surface area (Å²) in [5.74, 6) is -2.40. The minimum atomic E-state index is -4.48. The third kappa shape index (κ3) is 4.77. The first-order valence-corrected chi connectivity index (χ1v) is 11.9. The summed E-state index contributed by atoms with van der Waals surface area (Å²) in [7, 11) is 3.16. The van der Waals surface area contributed by atoms with Crippen LogP contribution in [0.3, 0.4) is 0 Å². The van der Waals surface area contributed by atoms with E-state index in [1.807, 2.05) is 0 Å². The van der Waals surface area contributed by atoms with Gasteiger partial charge < -0.3 is 50.6 Å². The molecule has 2 aliphatic heterocycles. The van der Waals surface area contributed by atoms with Crippen LogP contribution in [0.25, 0.3) is 0 Å². The average Bonchev–Trinajstić information content (AvgIpc) is 2.80. The molecule has 0 bridgehead atoms. The van der Waals surface area contributed by atoms with E-state index in [-0.39, 0.29) is 19.5 Å². The average molecular weight is 522 g/mol. The van der Waals surface area contributed by atoms with Crippen molar-refractivity contribution in [2.24, 2.45) is 0 Å². The fourth-order valence-electron chi connectivity index (χ4n) is 5.50. The maximum absolute atomic E-state index is 13.0. The van der Waals surface area contributed by atoms with E-state index in [1.54, 1.807) is 21.0 Å². The largest absolute Gasteiger partial charge is 0.416 e. The van der Waals surface area contributed by atoms with E-state index in [4.69, 9.17) is 14.2 Å². The fraction of sp³-hybridized carbons (Fsp3) is 0.739. The molecule has 204 valence electrons. The van der Waals surface area contributed by atoms with Gasteiger partial charge in [0.05, 0.1) is 29.9 Å². The van der Waals surface area contributed by atoms with Crippen molar-refractivity contribution in [3.8, 4) is 0 Å². The molecule has 2 heterocycles. The number of halogens is 3. The third-order valence-electron chi connectivity index (χ3n) is 7.35. The van der Waals surface area contributed by atoms with Crippen molar-refractivity contribution in [1.29, 1.82) is 0 Å². The highest BCUT2D eigenvalue weighted by molar-refractivity contribution is 5.25. The number of hydrogen-bond acceptors (Lipinski definition) is 10. The van der Waals surface area contributed by atoms with Crippen molar-refractivity contribution in [3.05, 3.63) is 35.4 Å². The summed E-state index contributed by atoms with van der Waals surface area (Å²) >= 11 is 0. The van der Waals surface area contributed by atoms with Crippen LogP contribution in [-0.4, -0.2) is 101 Å². The van der Waals surface area contributed by atoms with Gasteiger partial charge in [-0.25, -0.2) is 0 Å². The van der Waals surface area contributed by atoms with Crippen LogP contribution in [0.1, 0.15) is 24.5 Å². The Bertz CT molecular complexity index is 927. The molecule has 1 aromatic carbocycles. The summed E-state index contributed by atoms with van der Waals surface area (Å²) in [6.45, 7) is 1.38. The number of aliphatic hydroxyl groups excluding tert-OH is 2. The van der Waals surface area contributed by atoms with Crippen molar-refractivity contribution in [2.75, 3.05) is 20.6 Å². The topological polar surface area (TPSA) is 145 Å². The predicted molar refractivity (Wildman–Crippen MR) is 119 cm³/mol. The van der Waals surface area contributed by atoms with Gasteiger partial charge in [-0.2, -0.15) is 13.2 Å². The molecule has 3 unspecified atom stereocenters. The van der Waals surface area contributed by atoms with Crippen molar-refractivity contribution in [2.45, 2.75) is 86.3 Å². The Labute approximate surface area is 206 Å². The first-order valence-electron chi connectivity index (χ1n) is 11.9. The van der Waals surface area contributed by atoms with Gasteiger partial charge in [0.1, 0.15) is 23.9 Å². The van der Waals surface area contributed by atoms with Gasteiger partial charge in [0.2, 0.25) is 12.1 Å². The lowest BCUT2D eigenvalue weighted by Crippen LogP contribution is -2.81. The molecule has 0 spiro atoms. The number of nitrogens with one attached hydrogen (secondary N) is 3. The first-order chi connectivity index (χ1) is 16.8. The smallest absolute Gasteiger partial charge is 0.390 e. The van der Waals surface area contributed by atoms with Crippen LogP contribution in [0.2, 0.25) is 0 Å². The Morgan fingerprint density at radius 2 is 1.72 bits per heavy atom. The molecule has 1 saturated carbocycles. The number of hydrogen-bond donors (Lipinski definition) is 7. The lowest BCUT2D eigenvalue weighted by Gasteiger charge is -2.60. The zero-order valence-electron chi connectivity index (χ0n) is 20.2. The van der Waals surface area contributed by atoms with E-state index in [9.17, 15) is 33.6 Å². The Morgan fingerprint density at radius 3 is 2.36 bits per heavy atom. The van der Waals surface area contributed by atoms with Gasteiger partial charge in [-0.15, -0.1) is 0 Å². The summed E-state index contributed by atoms with van der Waals surface area (Å²) in [6, 6.07) is 3.25. The molecule has 10 atom stereocenters. The highest BCUT2D eigenvalue weighted by Gasteiger charge is 2.68. The second-order valence-electron chi connectivity index (χ2n) is 9.81. The molecule has 0 radical (unpaired) electrons. The molecular formula is C23H34F3N3O7. The van der Waals surface area contributed by atoms with E-state index in [0.29, 0.717) is 5.56 Å². The van der Waals surface area contributed by atoms with Crippen LogP contribution in [-0.2, 0) is 26.9 Å². The van der Waals surface area contributed by atoms with Crippen molar-refractivity contribution < 1.29 is 47.8 Å². The van der Waals surface area contributed by atoms with Crippen LogP contribution in [0, 0.1) is 0 Å². The summed E-state index contributed by atoms with van der Waals surface area (Å²) in [5.41, 5.74) is -2.43. The molecule has 0 amide bonds. The van der Waals surface area contributed by atoms with Crippen molar-refractivity contribution in [1.82, 2.24) is 16.0 Å². The number of ether oxygens (including phenoxy) is 3. The standard InChI is InChI=1S/C23H34F3N3O7/c1-11-8-21(32,10-29-9-12-5-4-6-13(7-12)23(24,25)26)22(33)20(34-11)35-19-17(31)14(27-2)16(30)15(28-3)18(19)36-22/h4-7,11,14-20,27-33H,8-10H2,1-3H3/t11-,14-,15+,16+,17+,18?,19?,20?,21-,22-/m1/s1. The predicted octanol–water partition coefficient (Wildman–Crippen LogP) is -0.955. The van der Waals surface area contributed by atoms with Crippen LogP contribution in [0.5, 0.6) is 0 Å². The first kappa shape index (κ1) is 27.6. The summed E-state index contributed by atoms with van der Waals surface area (Å²) < 4.78 is 56.8. The van der Waals surface area contributed by atoms with E-state index in [1.165, 1.54) is 12.1 Å². The maximum atomic E-state index is 13.0. The van der Waals surface area contributed by atoms with E-state index >= 15 is 0 Å². The van der Waals surface area contributed by atoms with Crippen LogP contribution < -0.4 is 16.0 Å². The molecule has 10 nitrogen and oxygen atoms in total. The highest BCUT2D eigenvalue weighted by Crippen LogP contribution is 2.46. The number of alkyl halides is 3. The van der Waals surface area contributed by atoms with Crippen molar-refractivity contribution in [3.63, 3.8) is 0 Å². The van der Waals surface area contributed by atoms with Crippen molar-refractivity contribution >= 4 is 0 Å². The van der Waals surface area contributed by atoms with Gasteiger partial charge in [0, 0.05) is 19.5 Å². The number of fused-ring (bicyclic) bond motifs is 2.